The second-order valence-electron chi connectivity index (χ2n) is 17.5. The summed E-state index contributed by atoms with van der Waals surface area (Å²) in [5.74, 6) is 0. The first-order valence-corrected chi connectivity index (χ1v) is 22.5. The van der Waals surface area contributed by atoms with Gasteiger partial charge in [0.1, 0.15) is 0 Å². The van der Waals surface area contributed by atoms with E-state index in [4.69, 9.17) is 0 Å². The van der Waals surface area contributed by atoms with Crippen LogP contribution >= 0.6 is 11.3 Å². The van der Waals surface area contributed by atoms with Gasteiger partial charge in [-0.15, -0.1) is 11.3 Å². The lowest BCUT2D eigenvalue weighted by molar-refractivity contribution is 0.661. The van der Waals surface area contributed by atoms with Crippen molar-refractivity contribution in [2.24, 2.45) is 0 Å². The average Bonchev–Trinajstić information content (AvgIpc) is 3.81. The highest BCUT2D eigenvalue weighted by Gasteiger charge is 2.35. The van der Waals surface area contributed by atoms with Crippen LogP contribution in [0.25, 0.3) is 119 Å². The smallest absolute Gasteiger partial charge is 0.0433 e. The Hall–Kier alpha value is -7.32. The number of thiophene rings is 1. The monoisotopic (exact) mass is 804 g/mol. The Balaban J connectivity index is 0.964. The fraction of sp³-hybridized carbons (Fsp3) is 0.0492. The summed E-state index contributed by atoms with van der Waals surface area (Å²) in [4.78, 5) is 0. The van der Waals surface area contributed by atoms with Crippen LogP contribution in [0.15, 0.2) is 206 Å². The van der Waals surface area contributed by atoms with E-state index < -0.39 is 0 Å². The van der Waals surface area contributed by atoms with Crippen molar-refractivity contribution in [2.75, 3.05) is 0 Å². The van der Waals surface area contributed by atoms with Crippen molar-refractivity contribution in [3.8, 4) is 55.6 Å². The van der Waals surface area contributed by atoms with Crippen LogP contribution in [0, 0.1) is 0 Å². The molecule has 0 fully saturated rings. The van der Waals surface area contributed by atoms with Crippen LogP contribution in [0.4, 0.5) is 0 Å². The van der Waals surface area contributed by atoms with Gasteiger partial charge in [-0.25, -0.2) is 0 Å². The van der Waals surface area contributed by atoms with Crippen molar-refractivity contribution < 1.29 is 0 Å². The van der Waals surface area contributed by atoms with Crippen molar-refractivity contribution in [3.63, 3.8) is 0 Å². The largest absolute Gasteiger partial charge is 0.135 e. The molecule has 62 heavy (non-hydrogen) atoms. The Labute approximate surface area is 365 Å². The van der Waals surface area contributed by atoms with Gasteiger partial charge in [-0.1, -0.05) is 196 Å². The highest BCUT2D eigenvalue weighted by molar-refractivity contribution is 7.26. The minimum absolute atomic E-state index is 0.00933. The molecule has 0 atom stereocenters. The number of hydrogen-bond donors (Lipinski definition) is 0. The molecule has 1 aliphatic rings. The third-order valence-corrected chi connectivity index (χ3v) is 15.1. The first-order chi connectivity index (χ1) is 30.5. The first kappa shape index (κ1) is 35.4. The summed E-state index contributed by atoms with van der Waals surface area (Å²) in [5.41, 5.74) is 15.6. The molecule has 0 saturated carbocycles. The SMILES string of the molecule is CC1(C)c2ccccc2-c2cc3c(cc21)sc1c2ccc(-c4ccc(-c5c6ccccc6c(-c6cccc(-c7ccccc7)c6)c6ccccc56)c5ccccc45)cc2ccc31. The zero-order chi connectivity index (χ0) is 41.1. The van der Waals surface area contributed by atoms with Gasteiger partial charge < -0.3 is 0 Å². The van der Waals surface area contributed by atoms with Crippen LogP contribution < -0.4 is 0 Å². The third-order valence-electron chi connectivity index (χ3n) is 13.9. The maximum Gasteiger partial charge on any atom is 0.0433 e. The van der Waals surface area contributed by atoms with Crippen molar-refractivity contribution in [1.82, 2.24) is 0 Å². The average molecular weight is 805 g/mol. The lowest BCUT2D eigenvalue weighted by Gasteiger charge is -2.21. The van der Waals surface area contributed by atoms with Crippen molar-refractivity contribution in [3.05, 3.63) is 217 Å². The molecular formula is C61H40S. The Bertz CT molecular complexity index is 3770. The second-order valence-corrected chi connectivity index (χ2v) is 18.6. The van der Waals surface area contributed by atoms with E-state index in [2.05, 4.69) is 220 Å². The van der Waals surface area contributed by atoms with Crippen LogP contribution in [-0.4, -0.2) is 0 Å². The van der Waals surface area contributed by atoms with Gasteiger partial charge in [-0.2, -0.15) is 0 Å². The predicted octanol–water partition coefficient (Wildman–Crippen LogP) is 17.6. The summed E-state index contributed by atoms with van der Waals surface area (Å²) in [6.07, 6.45) is 0. The van der Waals surface area contributed by atoms with E-state index in [1.807, 2.05) is 11.3 Å². The fourth-order valence-corrected chi connectivity index (χ4v) is 12.2. The van der Waals surface area contributed by atoms with Gasteiger partial charge in [0.25, 0.3) is 0 Å². The standard InChI is InChI=1S/C61H40S/c1-61(2)55-26-13-12-21-46(55)53-35-54-52-30-28-40-34-39(27-29-43(40)60(52)62-57(54)36-56(53)61)42-31-32-51(45-20-7-6-19-44(42)45)59-49-24-10-8-22-47(49)58(48-23-9-11-25-50(48)59)41-18-14-17-38(33-41)37-15-4-3-5-16-37/h3-36H,1-2H3. The number of hydrogen-bond acceptors (Lipinski definition) is 1. The molecule has 0 amide bonds. The zero-order valence-electron chi connectivity index (χ0n) is 34.5. The van der Waals surface area contributed by atoms with E-state index in [-0.39, 0.29) is 5.41 Å². The minimum atomic E-state index is -0.00933. The summed E-state index contributed by atoms with van der Waals surface area (Å²) in [6, 6.07) is 77.2. The molecule has 0 nitrogen and oxygen atoms in total. The molecule has 1 aromatic heterocycles. The molecular weight excluding hydrogens is 765 g/mol. The van der Waals surface area contributed by atoms with Gasteiger partial charge in [-0.05, 0) is 134 Å². The number of benzene rings is 11. The van der Waals surface area contributed by atoms with Crippen LogP contribution in [0.1, 0.15) is 25.0 Å². The third kappa shape index (κ3) is 5.13. The van der Waals surface area contributed by atoms with E-state index in [1.54, 1.807) is 0 Å². The quantitative estimate of drug-likeness (QED) is 0.155. The maximum atomic E-state index is 2.48. The van der Waals surface area contributed by atoms with Gasteiger partial charge in [0.15, 0.2) is 0 Å². The Morgan fingerprint density at radius 3 is 1.66 bits per heavy atom. The number of rotatable bonds is 4. The van der Waals surface area contributed by atoms with Crippen LogP contribution in [0.2, 0.25) is 0 Å². The second kappa shape index (κ2) is 13.3. The molecule has 12 aromatic rings. The molecule has 0 bridgehead atoms. The van der Waals surface area contributed by atoms with Crippen molar-refractivity contribution in [2.45, 2.75) is 19.3 Å². The molecule has 290 valence electrons. The van der Waals surface area contributed by atoms with E-state index >= 15 is 0 Å². The molecule has 0 aliphatic heterocycles. The fourth-order valence-electron chi connectivity index (χ4n) is 10.9. The summed E-state index contributed by atoms with van der Waals surface area (Å²) >= 11 is 1.94. The minimum Gasteiger partial charge on any atom is -0.135 e. The summed E-state index contributed by atoms with van der Waals surface area (Å²) < 4.78 is 2.74. The predicted molar refractivity (Wildman–Crippen MR) is 269 cm³/mol. The van der Waals surface area contributed by atoms with Gasteiger partial charge in [0.05, 0.1) is 0 Å². The molecule has 0 spiro atoms. The Kier molecular flexibility index (Phi) is 7.62. The van der Waals surface area contributed by atoms with Gasteiger partial charge in [0, 0.05) is 25.6 Å². The lowest BCUT2D eigenvalue weighted by Crippen LogP contribution is -2.14. The highest BCUT2D eigenvalue weighted by Crippen LogP contribution is 2.52. The van der Waals surface area contributed by atoms with Gasteiger partial charge in [-0.3, -0.25) is 0 Å². The molecule has 1 heteroatoms. The summed E-state index contributed by atoms with van der Waals surface area (Å²) in [5, 5.41) is 12.9. The normalized spacial score (nSPS) is 13.1. The molecule has 0 saturated heterocycles. The maximum absolute atomic E-state index is 2.48. The highest BCUT2D eigenvalue weighted by atomic mass is 32.1. The topological polar surface area (TPSA) is 0 Å². The van der Waals surface area contributed by atoms with Crippen LogP contribution in [-0.2, 0) is 5.41 Å². The Morgan fingerprint density at radius 2 is 0.903 bits per heavy atom. The first-order valence-electron chi connectivity index (χ1n) is 21.7. The van der Waals surface area contributed by atoms with Gasteiger partial charge >= 0.3 is 0 Å². The van der Waals surface area contributed by atoms with Crippen molar-refractivity contribution in [1.29, 1.82) is 0 Å². The molecule has 0 N–H and O–H groups in total. The van der Waals surface area contributed by atoms with E-state index in [0.717, 1.165) is 0 Å². The summed E-state index contributed by atoms with van der Waals surface area (Å²) in [6.45, 7) is 4.74. The zero-order valence-corrected chi connectivity index (χ0v) is 35.4. The molecule has 0 unspecified atom stereocenters. The van der Waals surface area contributed by atoms with E-state index in [9.17, 15) is 0 Å². The van der Waals surface area contributed by atoms with Crippen LogP contribution in [0.3, 0.4) is 0 Å². The molecule has 1 aliphatic carbocycles. The van der Waals surface area contributed by atoms with E-state index in [0.29, 0.717) is 0 Å². The van der Waals surface area contributed by atoms with E-state index in [1.165, 1.54) is 130 Å². The lowest BCUT2D eigenvalue weighted by atomic mass is 9.82. The molecule has 13 rings (SSSR count). The molecule has 0 radical (unpaired) electrons. The van der Waals surface area contributed by atoms with Crippen molar-refractivity contribution >= 4 is 74.6 Å². The Morgan fingerprint density at radius 1 is 0.306 bits per heavy atom. The molecule has 11 aromatic carbocycles. The summed E-state index contributed by atoms with van der Waals surface area (Å²) in [7, 11) is 0. The van der Waals surface area contributed by atoms with Crippen LogP contribution in [0.5, 0.6) is 0 Å². The number of fused-ring (bicyclic) bond motifs is 11. The van der Waals surface area contributed by atoms with Gasteiger partial charge in [0.2, 0.25) is 0 Å². The molecule has 1 heterocycles.